The zero-order chi connectivity index (χ0) is 13.7. The Kier molecular flexibility index (Phi) is 4.80. The van der Waals surface area contributed by atoms with Gasteiger partial charge < -0.3 is 19.9 Å². The van der Waals surface area contributed by atoms with E-state index in [-0.39, 0.29) is 11.6 Å². The molecular formula is C15H23NO3. The van der Waals surface area contributed by atoms with Crippen LogP contribution in [0.15, 0.2) is 24.3 Å². The number of methoxy groups -OCH3 is 2. The SMILES string of the molecule is COc1ccccc1CC(N)C1(OC)CCOCC1. The molecule has 0 aromatic heterocycles. The van der Waals surface area contributed by atoms with Crippen LogP contribution in [0.25, 0.3) is 0 Å². The zero-order valence-electron chi connectivity index (χ0n) is 11.7. The quantitative estimate of drug-likeness (QED) is 0.881. The van der Waals surface area contributed by atoms with Crippen molar-refractivity contribution in [1.82, 2.24) is 0 Å². The summed E-state index contributed by atoms with van der Waals surface area (Å²) < 4.78 is 16.5. The summed E-state index contributed by atoms with van der Waals surface area (Å²) in [7, 11) is 3.43. The highest BCUT2D eigenvalue weighted by atomic mass is 16.5. The zero-order valence-corrected chi connectivity index (χ0v) is 11.7. The fourth-order valence-corrected chi connectivity index (χ4v) is 2.74. The molecule has 2 rings (SSSR count). The van der Waals surface area contributed by atoms with Crippen LogP contribution in [0.4, 0.5) is 0 Å². The minimum Gasteiger partial charge on any atom is -0.496 e. The third-order valence-corrected chi connectivity index (χ3v) is 4.05. The van der Waals surface area contributed by atoms with Gasteiger partial charge in [-0.15, -0.1) is 0 Å². The molecule has 4 nitrogen and oxygen atoms in total. The summed E-state index contributed by atoms with van der Waals surface area (Å²) >= 11 is 0. The van der Waals surface area contributed by atoms with E-state index in [0.717, 1.165) is 30.6 Å². The molecule has 1 aliphatic heterocycles. The van der Waals surface area contributed by atoms with Gasteiger partial charge in [0, 0.05) is 39.2 Å². The lowest BCUT2D eigenvalue weighted by atomic mass is 9.83. The molecule has 106 valence electrons. The highest BCUT2D eigenvalue weighted by molar-refractivity contribution is 5.34. The van der Waals surface area contributed by atoms with Gasteiger partial charge in [0.1, 0.15) is 5.75 Å². The summed E-state index contributed by atoms with van der Waals surface area (Å²) in [6.07, 6.45) is 2.44. The van der Waals surface area contributed by atoms with Crippen molar-refractivity contribution in [3.05, 3.63) is 29.8 Å². The Bertz CT molecular complexity index is 402. The Hall–Kier alpha value is -1.10. The van der Waals surface area contributed by atoms with Gasteiger partial charge in [0.15, 0.2) is 0 Å². The predicted octanol–water partition coefficient (Wildman–Crippen LogP) is 1.76. The average Bonchev–Trinajstić information content (AvgIpc) is 2.48. The van der Waals surface area contributed by atoms with E-state index in [1.807, 2.05) is 18.2 Å². The summed E-state index contributed by atoms with van der Waals surface area (Å²) in [5, 5.41) is 0. The number of para-hydroxylation sites is 1. The molecule has 1 atom stereocenters. The molecule has 19 heavy (non-hydrogen) atoms. The largest absolute Gasteiger partial charge is 0.496 e. The van der Waals surface area contributed by atoms with Crippen molar-refractivity contribution in [3.63, 3.8) is 0 Å². The van der Waals surface area contributed by atoms with Crippen molar-refractivity contribution in [2.75, 3.05) is 27.4 Å². The van der Waals surface area contributed by atoms with Crippen LogP contribution in [0, 0.1) is 0 Å². The van der Waals surface area contributed by atoms with Crippen molar-refractivity contribution >= 4 is 0 Å². The Balaban J connectivity index is 2.12. The second-order valence-corrected chi connectivity index (χ2v) is 5.00. The van der Waals surface area contributed by atoms with Crippen molar-refractivity contribution in [2.45, 2.75) is 30.9 Å². The van der Waals surface area contributed by atoms with E-state index in [4.69, 9.17) is 19.9 Å². The molecule has 0 amide bonds. The van der Waals surface area contributed by atoms with Gasteiger partial charge in [0.25, 0.3) is 0 Å². The van der Waals surface area contributed by atoms with Crippen LogP contribution in [0.3, 0.4) is 0 Å². The molecule has 1 aliphatic rings. The van der Waals surface area contributed by atoms with Crippen molar-refractivity contribution < 1.29 is 14.2 Å². The van der Waals surface area contributed by atoms with E-state index in [9.17, 15) is 0 Å². The lowest BCUT2D eigenvalue weighted by Crippen LogP contribution is -2.53. The highest BCUT2D eigenvalue weighted by Crippen LogP contribution is 2.30. The number of benzene rings is 1. The Labute approximate surface area is 114 Å². The van der Waals surface area contributed by atoms with Gasteiger partial charge in [0.2, 0.25) is 0 Å². The summed E-state index contributed by atoms with van der Waals surface area (Å²) in [4.78, 5) is 0. The molecule has 0 bridgehead atoms. The van der Waals surface area contributed by atoms with E-state index in [1.54, 1.807) is 14.2 Å². The summed E-state index contributed by atoms with van der Waals surface area (Å²) in [6, 6.07) is 7.94. The Morgan fingerprint density at radius 2 is 1.95 bits per heavy atom. The normalized spacial score (nSPS) is 19.9. The molecule has 2 N–H and O–H groups in total. The molecule has 1 unspecified atom stereocenters. The number of nitrogens with two attached hydrogens (primary N) is 1. The molecule has 1 heterocycles. The molecule has 4 heteroatoms. The van der Waals surface area contributed by atoms with Gasteiger partial charge in [-0.2, -0.15) is 0 Å². The van der Waals surface area contributed by atoms with E-state index >= 15 is 0 Å². The second kappa shape index (κ2) is 6.37. The van der Waals surface area contributed by atoms with Crippen molar-refractivity contribution in [1.29, 1.82) is 0 Å². The van der Waals surface area contributed by atoms with Gasteiger partial charge in [0.05, 0.1) is 12.7 Å². The molecular weight excluding hydrogens is 242 g/mol. The van der Waals surface area contributed by atoms with Crippen molar-refractivity contribution in [2.24, 2.45) is 5.73 Å². The number of hydrogen-bond donors (Lipinski definition) is 1. The van der Waals surface area contributed by atoms with Crippen LogP contribution in [-0.2, 0) is 15.9 Å². The fraction of sp³-hybridized carbons (Fsp3) is 0.600. The number of ether oxygens (including phenoxy) is 3. The molecule has 0 aliphatic carbocycles. The van der Waals surface area contributed by atoms with E-state index in [0.29, 0.717) is 13.2 Å². The third kappa shape index (κ3) is 3.08. The third-order valence-electron chi connectivity index (χ3n) is 4.05. The first kappa shape index (κ1) is 14.3. The van der Waals surface area contributed by atoms with Crippen LogP contribution in [0.5, 0.6) is 5.75 Å². The van der Waals surface area contributed by atoms with Gasteiger partial charge in [-0.05, 0) is 18.1 Å². The average molecular weight is 265 g/mol. The van der Waals surface area contributed by atoms with Gasteiger partial charge in [-0.25, -0.2) is 0 Å². The van der Waals surface area contributed by atoms with Gasteiger partial charge in [-0.1, -0.05) is 18.2 Å². The topological polar surface area (TPSA) is 53.7 Å². The number of hydrogen-bond acceptors (Lipinski definition) is 4. The maximum absolute atomic E-state index is 6.41. The smallest absolute Gasteiger partial charge is 0.122 e. The molecule has 1 aromatic carbocycles. The summed E-state index contributed by atoms with van der Waals surface area (Å²) in [5.41, 5.74) is 7.26. The lowest BCUT2D eigenvalue weighted by Gasteiger charge is -2.40. The predicted molar refractivity (Wildman–Crippen MR) is 74.5 cm³/mol. The van der Waals surface area contributed by atoms with Crippen LogP contribution in [0.2, 0.25) is 0 Å². The van der Waals surface area contributed by atoms with E-state index in [1.165, 1.54) is 0 Å². The lowest BCUT2D eigenvalue weighted by molar-refractivity contribution is -0.103. The van der Waals surface area contributed by atoms with Crippen molar-refractivity contribution in [3.8, 4) is 5.75 Å². The minimum absolute atomic E-state index is 0.0577. The van der Waals surface area contributed by atoms with Gasteiger partial charge >= 0.3 is 0 Å². The first-order chi connectivity index (χ1) is 9.22. The van der Waals surface area contributed by atoms with E-state index < -0.39 is 0 Å². The first-order valence-corrected chi connectivity index (χ1v) is 6.72. The van der Waals surface area contributed by atoms with Crippen LogP contribution in [0.1, 0.15) is 18.4 Å². The van der Waals surface area contributed by atoms with Crippen LogP contribution in [-0.4, -0.2) is 39.1 Å². The molecule has 0 radical (unpaired) electrons. The molecule has 1 aromatic rings. The summed E-state index contributed by atoms with van der Waals surface area (Å²) in [6.45, 7) is 1.43. The van der Waals surface area contributed by atoms with Crippen LogP contribution >= 0.6 is 0 Å². The minimum atomic E-state index is -0.279. The van der Waals surface area contributed by atoms with Crippen LogP contribution < -0.4 is 10.5 Å². The Morgan fingerprint density at radius 3 is 2.58 bits per heavy atom. The standard InChI is InChI=1S/C15H23NO3/c1-17-13-6-4-3-5-12(13)11-14(16)15(18-2)7-9-19-10-8-15/h3-6,14H,7-11,16H2,1-2H3. The molecule has 1 saturated heterocycles. The van der Waals surface area contributed by atoms with Gasteiger partial charge in [-0.3, -0.25) is 0 Å². The molecule has 0 saturated carbocycles. The first-order valence-electron chi connectivity index (χ1n) is 6.72. The summed E-state index contributed by atoms with van der Waals surface area (Å²) in [5.74, 6) is 0.885. The molecule has 0 spiro atoms. The highest BCUT2D eigenvalue weighted by Gasteiger charge is 2.38. The Morgan fingerprint density at radius 1 is 1.26 bits per heavy atom. The molecule has 1 fully saturated rings. The fourth-order valence-electron chi connectivity index (χ4n) is 2.74. The van der Waals surface area contributed by atoms with E-state index in [2.05, 4.69) is 6.07 Å². The maximum Gasteiger partial charge on any atom is 0.122 e. The number of rotatable bonds is 5. The maximum atomic E-state index is 6.41. The monoisotopic (exact) mass is 265 g/mol. The second-order valence-electron chi connectivity index (χ2n) is 5.00.